The smallest absolute Gasteiger partial charge is 0.240 e. The Morgan fingerprint density at radius 3 is 2.86 bits per heavy atom. The Balaban J connectivity index is 1.37. The lowest BCUT2D eigenvalue weighted by Crippen LogP contribution is -2.60. The number of aliphatic hydroxyl groups excluding tert-OH is 1. The SMILES string of the molecule is CC(c1ccc(Cl)cc1F)n1ncc2ccc(N3CCN(C(=O)C4CCCCN4)C(CO)C3)cc21. The number of halogens is 2. The van der Waals surface area contributed by atoms with Crippen LogP contribution < -0.4 is 10.2 Å². The summed E-state index contributed by atoms with van der Waals surface area (Å²) in [6.45, 7) is 4.49. The maximum atomic E-state index is 14.6. The van der Waals surface area contributed by atoms with E-state index in [0.717, 1.165) is 42.4 Å². The molecule has 2 fully saturated rings. The third kappa shape index (κ3) is 4.75. The first-order chi connectivity index (χ1) is 17.0. The minimum absolute atomic E-state index is 0.0813. The molecule has 0 saturated carbocycles. The molecule has 9 heteroatoms. The number of amides is 1. The Bertz CT molecular complexity index is 1210. The van der Waals surface area contributed by atoms with Crippen LogP contribution in [-0.4, -0.2) is 70.6 Å². The number of aromatic nitrogens is 2. The Kier molecular flexibility index (Phi) is 6.95. The zero-order valence-electron chi connectivity index (χ0n) is 19.8. The molecule has 1 aromatic heterocycles. The van der Waals surface area contributed by atoms with Crippen LogP contribution in [-0.2, 0) is 4.79 Å². The summed E-state index contributed by atoms with van der Waals surface area (Å²) >= 11 is 5.93. The third-order valence-corrected chi connectivity index (χ3v) is 7.55. The molecule has 0 spiro atoms. The van der Waals surface area contributed by atoms with Gasteiger partial charge < -0.3 is 20.2 Å². The fourth-order valence-corrected chi connectivity index (χ4v) is 5.46. The first kappa shape index (κ1) is 24.0. The minimum Gasteiger partial charge on any atom is -0.394 e. The van der Waals surface area contributed by atoms with Gasteiger partial charge in [-0.05, 0) is 56.6 Å². The molecule has 3 unspecified atom stereocenters. The molecule has 35 heavy (non-hydrogen) atoms. The lowest BCUT2D eigenvalue weighted by atomic mass is 10.0. The quantitative estimate of drug-likeness (QED) is 0.561. The van der Waals surface area contributed by atoms with Crippen LogP contribution in [0.4, 0.5) is 10.1 Å². The van der Waals surface area contributed by atoms with Crippen LogP contribution >= 0.6 is 11.6 Å². The van der Waals surface area contributed by atoms with Crippen LogP contribution in [0.5, 0.6) is 0 Å². The van der Waals surface area contributed by atoms with E-state index < -0.39 is 0 Å². The predicted octanol–water partition coefficient (Wildman–Crippen LogP) is 3.59. The molecule has 3 heterocycles. The second kappa shape index (κ2) is 10.1. The second-order valence-corrected chi connectivity index (χ2v) is 9.93. The average Bonchev–Trinajstić information content (AvgIpc) is 3.31. The van der Waals surface area contributed by atoms with Crippen molar-refractivity contribution in [3.8, 4) is 0 Å². The highest BCUT2D eigenvalue weighted by Crippen LogP contribution is 2.30. The van der Waals surface area contributed by atoms with E-state index in [1.807, 2.05) is 28.6 Å². The van der Waals surface area contributed by atoms with Crippen LogP contribution in [0.3, 0.4) is 0 Å². The summed E-state index contributed by atoms with van der Waals surface area (Å²) in [4.78, 5) is 17.1. The number of nitrogens with zero attached hydrogens (tertiary/aromatic N) is 4. The number of benzene rings is 2. The standard InChI is InChI=1S/C26H31ClFN5O2/c1-17(22-8-6-19(27)12-23(22)28)33-25-13-20(7-5-18(25)14-30-33)31-10-11-32(21(15-31)16-34)26(35)24-4-2-3-9-29-24/h5-8,12-14,17,21,24,29,34H,2-4,9-11,15-16H2,1H3. The van der Waals surface area contributed by atoms with Crippen molar-refractivity contribution in [2.45, 2.75) is 44.3 Å². The van der Waals surface area contributed by atoms with Crippen LogP contribution in [0, 0.1) is 5.82 Å². The average molecular weight is 500 g/mol. The number of carbonyl (C=O) groups excluding carboxylic acids is 1. The molecule has 1 amide bonds. The number of aliphatic hydroxyl groups is 1. The Morgan fingerprint density at radius 2 is 2.11 bits per heavy atom. The zero-order chi connectivity index (χ0) is 24.5. The van der Waals surface area contributed by atoms with Crippen LogP contribution in [0.2, 0.25) is 5.02 Å². The monoisotopic (exact) mass is 499 g/mol. The Hall–Kier alpha value is -2.68. The molecular formula is C26H31ClFN5O2. The maximum Gasteiger partial charge on any atom is 0.240 e. The summed E-state index contributed by atoms with van der Waals surface area (Å²) in [5.74, 6) is -0.264. The van der Waals surface area contributed by atoms with E-state index in [1.54, 1.807) is 18.3 Å². The fraction of sp³-hybridized carbons (Fsp3) is 0.462. The number of fused-ring (bicyclic) bond motifs is 1. The summed E-state index contributed by atoms with van der Waals surface area (Å²) in [5, 5.41) is 19.3. The maximum absolute atomic E-state index is 14.6. The van der Waals surface area contributed by atoms with Gasteiger partial charge in [-0.3, -0.25) is 9.48 Å². The number of carbonyl (C=O) groups is 1. The van der Waals surface area contributed by atoms with Gasteiger partial charge in [0.25, 0.3) is 0 Å². The van der Waals surface area contributed by atoms with Crippen LogP contribution in [0.15, 0.2) is 42.6 Å². The molecular weight excluding hydrogens is 469 g/mol. The Labute approximate surface area is 209 Å². The number of anilines is 1. The first-order valence-electron chi connectivity index (χ1n) is 12.3. The van der Waals surface area contributed by atoms with Crippen molar-refractivity contribution in [3.05, 3.63) is 59.0 Å². The summed E-state index contributed by atoms with van der Waals surface area (Å²) in [6, 6.07) is 10.1. The number of rotatable bonds is 5. The van der Waals surface area contributed by atoms with Gasteiger partial charge in [-0.25, -0.2) is 4.39 Å². The number of piperidine rings is 1. The highest BCUT2D eigenvalue weighted by Gasteiger charge is 2.34. The molecule has 2 saturated heterocycles. The zero-order valence-corrected chi connectivity index (χ0v) is 20.6. The second-order valence-electron chi connectivity index (χ2n) is 9.49. The highest BCUT2D eigenvalue weighted by molar-refractivity contribution is 6.30. The Morgan fingerprint density at radius 1 is 1.26 bits per heavy atom. The van der Waals surface area contributed by atoms with Crippen molar-refractivity contribution in [1.29, 1.82) is 0 Å². The molecule has 2 aromatic carbocycles. The minimum atomic E-state index is -0.358. The van der Waals surface area contributed by atoms with E-state index in [2.05, 4.69) is 21.4 Å². The molecule has 0 bridgehead atoms. The summed E-state index contributed by atoms with van der Waals surface area (Å²) in [6.07, 6.45) is 4.79. The van der Waals surface area contributed by atoms with Crippen molar-refractivity contribution in [3.63, 3.8) is 0 Å². The van der Waals surface area contributed by atoms with Gasteiger partial charge in [0.2, 0.25) is 5.91 Å². The van der Waals surface area contributed by atoms with Gasteiger partial charge in [-0.2, -0.15) is 5.10 Å². The van der Waals surface area contributed by atoms with Crippen molar-refractivity contribution >= 4 is 34.1 Å². The first-order valence-corrected chi connectivity index (χ1v) is 12.7. The molecule has 0 radical (unpaired) electrons. The van der Waals surface area contributed by atoms with E-state index in [4.69, 9.17) is 11.6 Å². The molecule has 3 aromatic rings. The lowest BCUT2D eigenvalue weighted by molar-refractivity contribution is -0.137. The van der Waals surface area contributed by atoms with E-state index in [0.29, 0.717) is 30.2 Å². The van der Waals surface area contributed by atoms with Gasteiger partial charge in [0.1, 0.15) is 5.82 Å². The summed E-state index contributed by atoms with van der Waals surface area (Å²) < 4.78 is 16.4. The fourth-order valence-electron chi connectivity index (χ4n) is 5.30. The molecule has 7 nitrogen and oxygen atoms in total. The van der Waals surface area contributed by atoms with Gasteiger partial charge in [-0.1, -0.05) is 24.1 Å². The van der Waals surface area contributed by atoms with Gasteiger partial charge in [0.15, 0.2) is 0 Å². The largest absolute Gasteiger partial charge is 0.394 e. The highest BCUT2D eigenvalue weighted by atomic mass is 35.5. The van der Waals surface area contributed by atoms with E-state index in [9.17, 15) is 14.3 Å². The molecule has 3 atom stereocenters. The molecule has 2 N–H and O–H groups in total. The normalized spacial score (nSPS) is 21.9. The van der Waals surface area contributed by atoms with Gasteiger partial charge >= 0.3 is 0 Å². The van der Waals surface area contributed by atoms with Crippen molar-refractivity contribution < 1.29 is 14.3 Å². The molecule has 186 valence electrons. The van der Waals surface area contributed by atoms with E-state index in [-0.39, 0.29) is 36.5 Å². The molecule has 2 aliphatic heterocycles. The van der Waals surface area contributed by atoms with Gasteiger partial charge in [0.05, 0.1) is 36.4 Å². The third-order valence-electron chi connectivity index (χ3n) is 7.31. The molecule has 2 aliphatic rings. The summed E-state index contributed by atoms with van der Waals surface area (Å²) in [7, 11) is 0. The van der Waals surface area contributed by atoms with E-state index in [1.165, 1.54) is 6.07 Å². The van der Waals surface area contributed by atoms with E-state index >= 15 is 0 Å². The van der Waals surface area contributed by atoms with Crippen molar-refractivity contribution in [1.82, 2.24) is 20.0 Å². The number of nitrogens with one attached hydrogen (secondary N) is 1. The van der Waals surface area contributed by atoms with Gasteiger partial charge in [0, 0.05) is 41.3 Å². The summed E-state index contributed by atoms with van der Waals surface area (Å²) in [5.41, 5.74) is 2.41. The molecule has 0 aliphatic carbocycles. The number of piperazine rings is 1. The predicted molar refractivity (Wildman–Crippen MR) is 135 cm³/mol. The van der Waals surface area contributed by atoms with Crippen LogP contribution in [0.1, 0.15) is 37.8 Å². The van der Waals surface area contributed by atoms with Crippen molar-refractivity contribution in [2.75, 3.05) is 37.7 Å². The van der Waals surface area contributed by atoms with Crippen molar-refractivity contribution in [2.24, 2.45) is 0 Å². The number of hydrogen-bond acceptors (Lipinski definition) is 5. The topological polar surface area (TPSA) is 73.6 Å². The van der Waals surface area contributed by atoms with Crippen LogP contribution in [0.25, 0.3) is 10.9 Å². The van der Waals surface area contributed by atoms with Gasteiger partial charge in [-0.15, -0.1) is 0 Å². The molecule has 5 rings (SSSR count). The number of hydrogen-bond donors (Lipinski definition) is 2. The lowest BCUT2D eigenvalue weighted by Gasteiger charge is -2.43.